The van der Waals surface area contributed by atoms with E-state index in [2.05, 4.69) is 42.1 Å². The molecule has 4 aromatic carbocycles. The Morgan fingerprint density at radius 2 is 1.24 bits per heavy atom. The summed E-state index contributed by atoms with van der Waals surface area (Å²) in [5.41, 5.74) is 4.73. The molecule has 0 saturated carbocycles. The molecule has 0 aliphatic carbocycles. The molecule has 0 bridgehead atoms. The van der Waals surface area contributed by atoms with Crippen LogP contribution in [0.25, 0.3) is 33.2 Å². The first kappa shape index (κ1) is 33.2. The van der Waals surface area contributed by atoms with Gasteiger partial charge in [0, 0.05) is 25.3 Å². The van der Waals surface area contributed by atoms with Crippen LogP contribution in [0.4, 0.5) is 0 Å². The second kappa shape index (κ2) is 14.4. The molecule has 0 aliphatic heterocycles. The highest BCUT2D eigenvalue weighted by Gasteiger charge is 2.20. The molecule has 230 valence electrons. The Morgan fingerprint density at radius 1 is 0.756 bits per heavy atom. The maximum absolute atomic E-state index is 12.0. The monoisotopic (exact) mass is 734 g/mol. The molecule has 12 heteroatoms. The smallest absolute Gasteiger partial charge is 0.359 e. The molecule has 45 heavy (non-hydrogen) atoms. The fourth-order valence-corrected chi connectivity index (χ4v) is 5.35. The molecule has 1 N–H and O–H groups in total. The highest BCUT2D eigenvalue weighted by molar-refractivity contribution is 9.10. The molecule has 2 heterocycles. The summed E-state index contributed by atoms with van der Waals surface area (Å²) in [6.07, 6.45) is 0.733. The third-order valence-electron chi connectivity index (χ3n) is 6.63. The molecule has 10 nitrogen and oxygen atoms in total. The summed E-state index contributed by atoms with van der Waals surface area (Å²) in [6, 6.07) is 25.7. The molecular formula is C33H28Br2N4O6. The number of methoxy groups -OCH3 is 2. The highest BCUT2D eigenvalue weighted by atomic mass is 79.9. The number of aromatic nitrogens is 4. The lowest BCUT2D eigenvalue weighted by Crippen LogP contribution is -2.04. The number of rotatable bonds is 6. The average molecular weight is 736 g/mol. The van der Waals surface area contributed by atoms with E-state index in [1.54, 1.807) is 39.7 Å². The zero-order chi connectivity index (χ0) is 31.4. The van der Waals surface area contributed by atoms with Crippen molar-refractivity contribution in [3.05, 3.63) is 116 Å². The molecule has 0 unspecified atom stereocenters. The Morgan fingerprint density at radius 3 is 1.69 bits per heavy atom. The second-order valence-corrected chi connectivity index (χ2v) is 11.2. The third-order valence-corrected chi connectivity index (χ3v) is 7.62. The van der Waals surface area contributed by atoms with Crippen molar-refractivity contribution in [2.24, 2.45) is 0 Å². The van der Waals surface area contributed by atoms with Crippen molar-refractivity contribution < 1.29 is 29.0 Å². The van der Waals surface area contributed by atoms with Crippen LogP contribution in [0.2, 0.25) is 0 Å². The molecule has 2 aromatic heterocycles. The van der Waals surface area contributed by atoms with E-state index in [1.165, 1.54) is 14.2 Å². The largest absolute Gasteiger partial charge is 0.464 e. The van der Waals surface area contributed by atoms with Gasteiger partial charge in [-0.3, -0.25) is 4.79 Å². The Balaban J connectivity index is 0.000000200. The van der Waals surface area contributed by atoms with Crippen LogP contribution in [0, 0.1) is 0 Å². The van der Waals surface area contributed by atoms with Crippen LogP contribution in [-0.2, 0) is 16.1 Å². The zero-order valence-corrected chi connectivity index (χ0v) is 26.6. The summed E-state index contributed by atoms with van der Waals surface area (Å²) in [5, 5.41) is 19.3. The maximum atomic E-state index is 12.0. The first-order valence-corrected chi connectivity index (χ1v) is 14.7. The predicted molar refractivity (Wildman–Crippen MR) is 178 cm³/mol. The lowest BCUT2D eigenvalue weighted by Gasteiger charge is -2.04. The van der Waals surface area contributed by atoms with Gasteiger partial charge in [0.25, 0.3) is 0 Å². The number of fused-ring (bicyclic) bond motifs is 2. The van der Waals surface area contributed by atoms with E-state index in [9.17, 15) is 19.5 Å². The molecule has 0 fully saturated rings. The quantitative estimate of drug-likeness (QED) is 0.142. The lowest BCUT2D eigenvalue weighted by atomic mass is 10.1. The third kappa shape index (κ3) is 6.88. The molecule has 0 saturated heterocycles. The molecule has 6 rings (SSSR count). The minimum Gasteiger partial charge on any atom is -0.464 e. The molecular weight excluding hydrogens is 708 g/mol. The molecule has 0 aliphatic rings. The van der Waals surface area contributed by atoms with Crippen molar-refractivity contribution in [3.63, 3.8) is 0 Å². The van der Waals surface area contributed by atoms with Crippen molar-refractivity contribution in [2.45, 2.75) is 14.0 Å². The van der Waals surface area contributed by atoms with Gasteiger partial charge in [0.1, 0.15) is 6.29 Å². The summed E-state index contributed by atoms with van der Waals surface area (Å²) < 4.78 is 14.7. The molecule has 0 amide bonds. The van der Waals surface area contributed by atoms with Crippen LogP contribution in [0.5, 0.6) is 0 Å². The van der Waals surface area contributed by atoms with E-state index >= 15 is 0 Å². The fourth-order valence-electron chi connectivity index (χ4n) is 4.58. The van der Waals surface area contributed by atoms with Crippen LogP contribution in [0.15, 0.2) is 93.9 Å². The number of hydrogen-bond donors (Lipinski definition) is 1. The molecule has 0 atom stereocenters. The van der Waals surface area contributed by atoms with Gasteiger partial charge < -0.3 is 14.6 Å². The second-order valence-electron chi connectivity index (χ2n) is 9.37. The summed E-state index contributed by atoms with van der Waals surface area (Å²) in [7, 11) is 2.62. The van der Waals surface area contributed by atoms with Gasteiger partial charge >= 0.3 is 11.9 Å². The Labute approximate surface area is 275 Å². The number of hydrogen-bond acceptors (Lipinski definition) is 8. The van der Waals surface area contributed by atoms with Crippen LogP contribution in [-0.4, -0.2) is 57.1 Å². The number of esters is 2. The van der Waals surface area contributed by atoms with Gasteiger partial charge in [0.2, 0.25) is 0 Å². The summed E-state index contributed by atoms with van der Waals surface area (Å²) >= 11 is 6.85. The van der Waals surface area contributed by atoms with Crippen molar-refractivity contribution in [1.29, 1.82) is 0 Å². The fraction of sp³-hybridized carbons (Fsp3) is 0.121. The minimum atomic E-state index is -0.540. The minimum absolute atomic E-state index is 0. The topological polar surface area (TPSA) is 126 Å². The highest BCUT2D eigenvalue weighted by Crippen LogP contribution is 2.27. The van der Waals surface area contributed by atoms with Gasteiger partial charge in [0.15, 0.2) is 11.4 Å². The average Bonchev–Trinajstić information content (AvgIpc) is 3.63. The van der Waals surface area contributed by atoms with Gasteiger partial charge in [-0.05, 0) is 72.3 Å². The van der Waals surface area contributed by atoms with E-state index in [4.69, 9.17) is 9.47 Å². The number of carbonyl (C=O) groups is 3. The van der Waals surface area contributed by atoms with Crippen molar-refractivity contribution in [1.82, 2.24) is 19.6 Å². The van der Waals surface area contributed by atoms with E-state index in [-0.39, 0.29) is 25.4 Å². The van der Waals surface area contributed by atoms with Crippen molar-refractivity contribution >= 4 is 71.9 Å². The summed E-state index contributed by atoms with van der Waals surface area (Å²) in [6.45, 7) is -0.0986. The van der Waals surface area contributed by atoms with Crippen molar-refractivity contribution in [2.75, 3.05) is 14.2 Å². The number of aliphatic hydroxyl groups is 1. The molecule has 6 aromatic rings. The number of nitrogens with zero attached hydrogens (tertiary/aromatic N) is 4. The van der Waals surface area contributed by atoms with Gasteiger partial charge in [-0.2, -0.15) is 10.2 Å². The number of aldehydes is 1. The van der Waals surface area contributed by atoms with Crippen LogP contribution >= 0.6 is 31.9 Å². The van der Waals surface area contributed by atoms with Gasteiger partial charge in [0.05, 0.1) is 43.2 Å². The van der Waals surface area contributed by atoms with E-state index in [1.807, 2.05) is 54.6 Å². The van der Waals surface area contributed by atoms with Gasteiger partial charge in [-0.1, -0.05) is 57.5 Å². The number of halogens is 2. The van der Waals surface area contributed by atoms with Crippen LogP contribution < -0.4 is 0 Å². The van der Waals surface area contributed by atoms with E-state index in [0.717, 1.165) is 37.6 Å². The first-order valence-electron chi connectivity index (χ1n) is 13.1. The van der Waals surface area contributed by atoms with Crippen LogP contribution in [0.3, 0.4) is 0 Å². The van der Waals surface area contributed by atoms with Crippen LogP contribution in [0.1, 0.15) is 44.3 Å². The van der Waals surface area contributed by atoms with Gasteiger partial charge in [-0.15, -0.1) is 0 Å². The lowest BCUT2D eigenvalue weighted by molar-refractivity contribution is 0.0587. The number of carbonyl (C=O) groups excluding carboxylic acids is 3. The molecule has 0 spiro atoms. The summed E-state index contributed by atoms with van der Waals surface area (Å²) in [4.78, 5) is 34.9. The number of benzene rings is 4. The number of aliphatic hydroxyl groups excluding tert-OH is 1. The number of ether oxygens (including phenoxy) is 2. The predicted octanol–water partition coefficient (Wildman–Crippen LogP) is 7.09. The van der Waals surface area contributed by atoms with Crippen molar-refractivity contribution in [3.8, 4) is 11.4 Å². The maximum Gasteiger partial charge on any atom is 0.359 e. The Kier molecular flexibility index (Phi) is 10.7. The van der Waals surface area contributed by atoms with E-state index < -0.39 is 11.9 Å². The normalized spacial score (nSPS) is 10.5. The Bertz CT molecular complexity index is 2040. The van der Waals surface area contributed by atoms with E-state index in [0.29, 0.717) is 21.9 Å². The SMILES string of the molecule is C.COC(=O)c1nn(-c2cccc(Br)c2)c2ccc(C=O)cc12.COC(=O)c1nn(-c2cccc(Br)c2)c2ccc(CO)cc12. The zero-order valence-electron chi connectivity index (χ0n) is 23.4. The summed E-state index contributed by atoms with van der Waals surface area (Å²) in [5.74, 6) is -1.05. The molecule has 0 radical (unpaired) electrons. The standard InChI is InChI=1S/C16H13BrN2O3.C16H11BrN2O3.CH4/c2*1-22-16(21)15-13-7-10(9-20)5-6-14(13)19(18-15)12-4-2-3-11(17)8-12;/h2-8,20H,9H2,1H3;2-9H,1H3;1H4. The first-order chi connectivity index (χ1) is 21.3. The Hall–Kier alpha value is -4.65. The van der Waals surface area contributed by atoms with Gasteiger partial charge in [-0.25, -0.2) is 19.0 Å².